The van der Waals surface area contributed by atoms with Crippen LogP contribution in [0.2, 0.25) is 0 Å². The average Bonchev–Trinajstić information content (AvgIpc) is 2.57. The zero-order valence-corrected chi connectivity index (χ0v) is 9.95. The van der Waals surface area contributed by atoms with E-state index < -0.39 is 5.82 Å². The van der Waals surface area contributed by atoms with Gasteiger partial charge in [0, 0.05) is 11.8 Å². The van der Waals surface area contributed by atoms with Gasteiger partial charge in [0.25, 0.3) is 0 Å². The van der Waals surface area contributed by atoms with Crippen molar-refractivity contribution >= 4 is 0 Å². The van der Waals surface area contributed by atoms with Crippen LogP contribution in [0.1, 0.15) is 22.5 Å². The number of nitriles is 1. The van der Waals surface area contributed by atoms with Gasteiger partial charge in [-0.2, -0.15) is 10.4 Å². The first-order valence-electron chi connectivity index (χ1n) is 5.27. The molecule has 3 nitrogen and oxygen atoms in total. The number of benzene rings is 1. The van der Waals surface area contributed by atoms with E-state index in [2.05, 4.69) is 5.10 Å². The Hall–Kier alpha value is -2.15. The number of halogens is 1. The van der Waals surface area contributed by atoms with Gasteiger partial charge in [0.05, 0.1) is 16.9 Å². The van der Waals surface area contributed by atoms with Crippen LogP contribution in [-0.2, 0) is 0 Å². The second-order valence-electron chi connectivity index (χ2n) is 3.98. The van der Waals surface area contributed by atoms with Crippen molar-refractivity contribution in [1.29, 1.82) is 5.26 Å². The summed E-state index contributed by atoms with van der Waals surface area (Å²) in [5.41, 5.74) is 3.68. The van der Waals surface area contributed by atoms with Crippen molar-refractivity contribution < 1.29 is 4.39 Å². The molecule has 17 heavy (non-hydrogen) atoms. The van der Waals surface area contributed by atoms with E-state index in [4.69, 9.17) is 5.26 Å². The SMILES string of the molecule is Cc1nn(-c2ccc(C#N)c(F)c2)c(C)c1C. The summed E-state index contributed by atoms with van der Waals surface area (Å²) in [5.74, 6) is -0.518. The molecule has 1 heterocycles. The van der Waals surface area contributed by atoms with Gasteiger partial charge in [-0.15, -0.1) is 0 Å². The second kappa shape index (κ2) is 4.02. The molecule has 0 aliphatic heterocycles. The van der Waals surface area contributed by atoms with Gasteiger partial charge in [-0.05, 0) is 38.5 Å². The summed E-state index contributed by atoms with van der Waals surface area (Å²) in [6, 6.07) is 6.29. The van der Waals surface area contributed by atoms with Crippen molar-refractivity contribution in [2.45, 2.75) is 20.8 Å². The monoisotopic (exact) mass is 229 g/mol. The van der Waals surface area contributed by atoms with Crippen LogP contribution in [0.3, 0.4) is 0 Å². The highest BCUT2D eigenvalue weighted by Crippen LogP contribution is 2.18. The van der Waals surface area contributed by atoms with Gasteiger partial charge in [-0.3, -0.25) is 0 Å². The van der Waals surface area contributed by atoms with Gasteiger partial charge in [-0.25, -0.2) is 9.07 Å². The summed E-state index contributed by atoms with van der Waals surface area (Å²) in [7, 11) is 0. The predicted molar refractivity (Wildman–Crippen MR) is 62.4 cm³/mol. The lowest BCUT2D eigenvalue weighted by Gasteiger charge is -2.05. The number of aryl methyl sites for hydroxylation is 1. The van der Waals surface area contributed by atoms with Crippen LogP contribution >= 0.6 is 0 Å². The van der Waals surface area contributed by atoms with E-state index in [0.717, 1.165) is 17.0 Å². The van der Waals surface area contributed by atoms with E-state index in [1.54, 1.807) is 16.8 Å². The van der Waals surface area contributed by atoms with Gasteiger partial charge in [-0.1, -0.05) is 0 Å². The number of nitrogens with zero attached hydrogens (tertiary/aromatic N) is 3. The lowest BCUT2D eigenvalue weighted by Crippen LogP contribution is -2.00. The van der Waals surface area contributed by atoms with Crippen molar-refractivity contribution in [3.63, 3.8) is 0 Å². The molecular formula is C13H12FN3. The third-order valence-electron chi connectivity index (χ3n) is 2.97. The van der Waals surface area contributed by atoms with Crippen molar-refractivity contribution in [3.8, 4) is 11.8 Å². The fraction of sp³-hybridized carbons (Fsp3) is 0.231. The fourth-order valence-electron chi connectivity index (χ4n) is 1.70. The van der Waals surface area contributed by atoms with E-state index in [-0.39, 0.29) is 5.56 Å². The van der Waals surface area contributed by atoms with Crippen molar-refractivity contribution in [2.24, 2.45) is 0 Å². The first-order valence-corrected chi connectivity index (χ1v) is 5.27. The quantitative estimate of drug-likeness (QED) is 0.754. The molecule has 2 rings (SSSR count). The third-order valence-corrected chi connectivity index (χ3v) is 2.97. The smallest absolute Gasteiger partial charge is 0.143 e. The molecule has 0 amide bonds. The zero-order chi connectivity index (χ0) is 12.6. The molecule has 0 radical (unpaired) electrons. The van der Waals surface area contributed by atoms with Crippen molar-refractivity contribution in [2.75, 3.05) is 0 Å². The van der Waals surface area contributed by atoms with Crippen LogP contribution in [0.25, 0.3) is 5.69 Å². The van der Waals surface area contributed by atoms with Crippen LogP contribution < -0.4 is 0 Å². The normalized spacial score (nSPS) is 10.3. The number of aromatic nitrogens is 2. The summed E-state index contributed by atoms with van der Waals surface area (Å²) in [6.07, 6.45) is 0. The Balaban J connectivity index is 2.58. The van der Waals surface area contributed by atoms with E-state index in [1.807, 2.05) is 20.8 Å². The molecule has 0 spiro atoms. The maximum Gasteiger partial charge on any atom is 0.143 e. The molecule has 0 aliphatic rings. The van der Waals surface area contributed by atoms with Crippen LogP contribution in [-0.4, -0.2) is 9.78 Å². The summed E-state index contributed by atoms with van der Waals surface area (Å²) in [5, 5.41) is 13.0. The van der Waals surface area contributed by atoms with Crippen LogP contribution in [0.5, 0.6) is 0 Å². The van der Waals surface area contributed by atoms with Crippen molar-refractivity contribution in [1.82, 2.24) is 9.78 Å². The molecule has 0 aliphatic carbocycles. The van der Waals surface area contributed by atoms with Gasteiger partial charge in [0.15, 0.2) is 0 Å². The molecule has 0 N–H and O–H groups in total. The third kappa shape index (κ3) is 1.80. The van der Waals surface area contributed by atoms with Crippen molar-refractivity contribution in [3.05, 3.63) is 46.5 Å². The topological polar surface area (TPSA) is 41.6 Å². The number of hydrogen-bond acceptors (Lipinski definition) is 2. The highest BCUT2D eigenvalue weighted by atomic mass is 19.1. The van der Waals surface area contributed by atoms with E-state index in [0.29, 0.717) is 5.69 Å². The van der Waals surface area contributed by atoms with Gasteiger partial charge in [0.2, 0.25) is 0 Å². The minimum Gasteiger partial charge on any atom is -0.237 e. The molecule has 1 aromatic carbocycles. The molecule has 0 bridgehead atoms. The lowest BCUT2D eigenvalue weighted by molar-refractivity contribution is 0.621. The minimum absolute atomic E-state index is 0.0482. The van der Waals surface area contributed by atoms with E-state index >= 15 is 0 Å². The Labute approximate surface area is 99.1 Å². The van der Waals surface area contributed by atoms with Gasteiger partial charge < -0.3 is 0 Å². The Morgan fingerprint density at radius 3 is 2.47 bits per heavy atom. The predicted octanol–water partition coefficient (Wildman–Crippen LogP) is 2.81. The largest absolute Gasteiger partial charge is 0.237 e. The maximum atomic E-state index is 13.5. The number of rotatable bonds is 1. The first kappa shape index (κ1) is 11.3. The first-order chi connectivity index (χ1) is 8.04. The summed E-state index contributed by atoms with van der Waals surface area (Å²) in [6.45, 7) is 5.83. The average molecular weight is 229 g/mol. The highest BCUT2D eigenvalue weighted by molar-refractivity contribution is 5.42. The molecule has 4 heteroatoms. The number of hydrogen-bond donors (Lipinski definition) is 0. The highest BCUT2D eigenvalue weighted by Gasteiger charge is 2.10. The van der Waals surface area contributed by atoms with Crippen LogP contribution in [0, 0.1) is 37.9 Å². The minimum atomic E-state index is -0.518. The molecule has 0 saturated carbocycles. The standard InChI is InChI=1S/C13H12FN3/c1-8-9(2)16-17(10(8)3)12-5-4-11(7-15)13(14)6-12/h4-6H,1-3H3. The van der Waals surface area contributed by atoms with E-state index in [1.165, 1.54) is 12.1 Å². The van der Waals surface area contributed by atoms with Crippen LogP contribution in [0.4, 0.5) is 4.39 Å². The van der Waals surface area contributed by atoms with Gasteiger partial charge >= 0.3 is 0 Å². The summed E-state index contributed by atoms with van der Waals surface area (Å²) in [4.78, 5) is 0. The molecule has 0 saturated heterocycles. The Kier molecular flexibility index (Phi) is 2.68. The summed E-state index contributed by atoms with van der Waals surface area (Å²) >= 11 is 0. The molecule has 0 atom stereocenters. The Morgan fingerprint density at radius 2 is 2.00 bits per heavy atom. The van der Waals surface area contributed by atoms with Gasteiger partial charge in [0.1, 0.15) is 11.9 Å². The second-order valence-corrected chi connectivity index (χ2v) is 3.98. The van der Waals surface area contributed by atoms with E-state index in [9.17, 15) is 4.39 Å². The molecule has 0 fully saturated rings. The molecule has 0 unspecified atom stereocenters. The maximum absolute atomic E-state index is 13.5. The molecule has 86 valence electrons. The lowest BCUT2D eigenvalue weighted by atomic mass is 10.2. The Bertz CT molecular complexity index is 620. The summed E-state index contributed by atoms with van der Waals surface area (Å²) < 4.78 is 15.2. The molecule has 2 aromatic rings. The molecule has 1 aromatic heterocycles. The Morgan fingerprint density at radius 1 is 1.29 bits per heavy atom. The zero-order valence-electron chi connectivity index (χ0n) is 9.95. The fourth-order valence-corrected chi connectivity index (χ4v) is 1.70. The molecular weight excluding hydrogens is 217 g/mol. The van der Waals surface area contributed by atoms with Crippen LogP contribution in [0.15, 0.2) is 18.2 Å².